The molecule has 0 spiro atoms. The standard InChI is InChI=1S/C19H16N4O/c24-18-14-8-7-13-17(18)21-23-19(15-9-3-1-4-10-15)22-20-16-11-5-2-6-12-16/h1-14,21,24H/b22-20+,23-19+. The Labute approximate surface area is 140 Å². The van der Waals surface area contributed by atoms with E-state index in [0.717, 1.165) is 11.3 Å². The summed E-state index contributed by atoms with van der Waals surface area (Å²) in [5.41, 5.74) is 4.89. The van der Waals surface area contributed by atoms with E-state index in [-0.39, 0.29) is 5.75 Å². The minimum absolute atomic E-state index is 0.119. The molecule has 0 aliphatic carbocycles. The molecule has 3 aromatic rings. The topological polar surface area (TPSA) is 69.3 Å². The van der Waals surface area contributed by atoms with Crippen LogP contribution in [0.5, 0.6) is 5.75 Å². The molecule has 0 unspecified atom stereocenters. The van der Waals surface area contributed by atoms with Crippen LogP contribution < -0.4 is 5.43 Å². The van der Waals surface area contributed by atoms with Crippen molar-refractivity contribution in [2.24, 2.45) is 15.3 Å². The number of nitrogens with zero attached hydrogens (tertiary/aromatic N) is 3. The zero-order valence-corrected chi connectivity index (χ0v) is 12.9. The van der Waals surface area contributed by atoms with E-state index >= 15 is 0 Å². The molecule has 5 nitrogen and oxygen atoms in total. The molecule has 0 fully saturated rings. The summed E-state index contributed by atoms with van der Waals surface area (Å²) in [7, 11) is 0. The monoisotopic (exact) mass is 316 g/mol. The lowest BCUT2D eigenvalue weighted by Crippen LogP contribution is -2.01. The van der Waals surface area contributed by atoms with Gasteiger partial charge in [-0.3, -0.25) is 5.43 Å². The summed E-state index contributed by atoms with van der Waals surface area (Å²) >= 11 is 0. The van der Waals surface area contributed by atoms with Crippen LogP contribution in [0.15, 0.2) is 100 Å². The number of anilines is 1. The number of benzene rings is 3. The lowest BCUT2D eigenvalue weighted by molar-refractivity contribution is 0.477. The molecule has 0 aliphatic rings. The van der Waals surface area contributed by atoms with Crippen molar-refractivity contribution >= 4 is 17.2 Å². The predicted molar refractivity (Wildman–Crippen MR) is 95.7 cm³/mol. The van der Waals surface area contributed by atoms with Crippen molar-refractivity contribution in [1.82, 2.24) is 0 Å². The van der Waals surface area contributed by atoms with Gasteiger partial charge in [-0.2, -0.15) is 5.10 Å². The summed E-state index contributed by atoms with van der Waals surface area (Å²) in [6, 6.07) is 25.9. The van der Waals surface area contributed by atoms with Gasteiger partial charge in [0.15, 0.2) is 0 Å². The molecule has 0 aliphatic heterocycles. The van der Waals surface area contributed by atoms with E-state index in [2.05, 4.69) is 20.8 Å². The summed E-state index contributed by atoms with van der Waals surface area (Å²) in [4.78, 5) is 0. The number of hydrogen-bond donors (Lipinski definition) is 2. The van der Waals surface area contributed by atoms with Crippen LogP contribution in [0, 0.1) is 0 Å². The van der Waals surface area contributed by atoms with Gasteiger partial charge in [-0.1, -0.05) is 60.7 Å². The molecule has 0 radical (unpaired) electrons. The van der Waals surface area contributed by atoms with Gasteiger partial charge in [-0.05, 0) is 24.3 Å². The quantitative estimate of drug-likeness (QED) is 0.235. The average Bonchev–Trinajstić information content (AvgIpc) is 2.65. The van der Waals surface area contributed by atoms with Crippen molar-refractivity contribution < 1.29 is 5.11 Å². The van der Waals surface area contributed by atoms with Crippen molar-refractivity contribution in [3.8, 4) is 5.75 Å². The van der Waals surface area contributed by atoms with Gasteiger partial charge in [0.2, 0.25) is 5.84 Å². The van der Waals surface area contributed by atoms with Crippen LogP contribution in [-0.4, -0.2) is 10.9 Å². The Morgan fingerprint density at radius 1 is 0.750 bits per heavy atom. The van der Waals surface area contributed by atoms with Gasteiger partial charge >= 0.3 is 0 Å². The van der Waals surface area contributed by atoms with E-state index in [1.807, 2.05) is 66.7 Å². The van der Waals surface area contributed by atoms with Crippen LogP contribution in [0.1, 0.15) is 5.56 Å². The number of azo groups is 1. The Hall–Kier alpha value is -3.47. The zero-order valence-electron chi connectivity index (χ0n) is 12.9. The normalized spacial score (nSPS) is 11.6. The predicted octanol–water partition coefficient (Wildman–Crippen LogP) is 4.95. The third kappa shape index (κ3) is 4.04. The van der Waals surface area contributed by atoms with E-state index in [9.17, 15) is 5.11 Å². The van der Waals surface area contributed by atoms with Gasteiger partial charge < -0.3 is 5.11 Å². The van der Waals surface area contributed by atoms with Crippen LogP contribution in [0.4, 0.5) is 11.4 Å². The molecule has 24 heavy (non-hydrogen) atoms. The second-order valence-corrected chi connectivity index (χ2v) is 4.97. The number of para-hydroxylation sites is 2. The van der Waals surface area contributed by atoms with Crippen LogP contribution in [0.3, 0.4) is 0 Å². The van der Waals surface area contributed by atoms with E-state index in [0.29, 0.717) is 11.5 Å². The van der Waals surface area contributed by atoms with E-state index in [1.54, 1.807) is 18.2 Å². The van der Waals surface area contributed by atoms with Gasteiger partial charge in [0.05, 0.1) is 11.4 Å². The van der Waals surface area contributed by atoms with Crippen molar-refractivity contribution in [3.05, 3.63) is 90.5 Å². The zero-order chi connectivity index (χ0) is 16.6. The highest BCUT2D eigenvalue weighted by atomic mass is 16.3. The fourth-order valence-electron chi connectivity index (χ4n) is 2.01. The first-order valence-corrected chi connectivity index (χ1v) is 7.47. The molecule has 0 amide bonds. The van der Waals surface area contributed by atoms with Crippen LogP contribution in [-0.2, 0) is 0 Å². The molecule has 0 aromatic heterocycles. The second kappa shape index (κ2) is 7.69. The first kappa shape index (κ1) is 15.4. The third-order valence-corrected chi connectivity index (χ3v) is 3.23. The lowest BCUT2D eigenvalue weighted by atomic mass is 10.2. The van der Waals surface area contributed by atoms with Crippen molar-refractivity contribution in [2.75, 3.05) is 5.43 Å². The molecule has 0 heterocycles. The van der Waals surface area contributed by atoms with Gasteiger partial charge in [0.25, 0.3) is 0 Å². The molecular weight excluding hydrogens is 300 g/mol. The lowest BCUT2D eigenvalue weighted by Gasteiger charge is -2.05. The van der Waals surface area contributed by atoms with E-state index < -0.39 is 0 Å². The molecular formula is C19H16N4O. The number of amidine groups is 1. The van der Waals surface area contributed by atoms with Crippen molar-refractivity contribution in [1.29, 1.82) is 0 Å². The maximum atomic E-state index is 9.82. The third-order valence-electron chi connectivity index (χ3n) is 3.23. The summed E-state index contributed by atoms with van der Waals surface area (Å²) in [5.74, 6) is 0.538. The highest BCUT2D eigenvalue weighted by Crippen LogP contribution is 2.21. The second-order valence-electron chi connectivity index (χ2n) is 4.97. The number of hydrazone groups is 1. The molecule has 3 rings (SSSR count). The Bertz CT molecular complexity index is 846. The van der Waals surface area contributed by atoms with Gasteiger partial charge in [-0.25, -0.2) is 0 Å². The number of nitrogens with one attached hydrogen (secondary N) is 1. The maximum absolute atomic E-state index is 9.82. The molecule has 0 saturated carbocycles. The molecule has 5 heteroatoms. The smallest absolute Gasteiger partial charge is 0.201 e. The number of phenolic OH excluding ortho intramolecular Hbond substituents is 1. The molecule has 118 valence electrons. The summed E-state index contributed by atoms with van der Waals surface area (Å²) in [6.45, 7) is 0. The average molecular weight is 316 g/mol. The minimum atomic E-state index is 0.119. The molecule has 0 bridgehead atoms. The van der Waals surface area contributed by atoms with Crippen LogP contribution in [0.2, 0.25) is 0 Å². The number of hydrogen-bond acceptors (Lipinski definition) is 4. The van der Waals surface area contributed by atoms with E-state index in [1.165, 1.54) is 0 Å². The molecule has 2 N–H and O–H groups in total. The Morgan fingerprint density at radius 2 is 1.38 bits per heavy atom. The molecule has 3 aromatic carbocycles. The Balaban J connectivity index is 1.89. The van der Waals surface area contributed by atoms with Gasteiger partial charge in [0.1, 0.15) is 5.75 Å². The summed E-state index contributed by atoms with van der Waals surface area (Å²) in [6.07, 6.45) is 0. The van der Waals surface area contributed by atoms with Crippen molar-refractivity contribution in [2.45, 2.75) is 0 Å². The fraction of sp³-hybridized carbons (Fsp3) is 0. The van der Waals surface area contributed by atoms with Gasteiger partial charge in [-0.15, -0.1) is 10.2 Å². The first-order chi connectivity index (χ1) is 11.8. The Kier molecular flexibility index (Phi) is 4.94. The number of aromatic hydroxyl groups is 1. The summed E-state index contributed by atoms with van der Waals surface area (Å²) in [5, 5.41) is 22.6. The van der Waals surface area contributed by atoms with Crippen LogP contribution in [0.25, 0.3) is 0 Å². The highest BCUT2D eigenvalue weighted by Gasteiger charge is 2.03. The number of rotatable bonds is 4. The first-order valence-electron chi connectivity index (χ1n) is 7.47. The van der Waals surface area contributed by atoms with Crippen molar-refractivity contribution in [3.63, 3.8) is 0 Å². The molecule has 0 atom stereocenters. The largest absolute Gasteiger partial charge is 0.506 e. The van der Waals surface area contributed by atoms with Gasteiger partial charge in [0, 0.05) is 5.56 Å². The minimum Gasteiger partial charge on any atom is -0.506 e. The molecule has 0 saturated heterocycles. The van der Waals surface area contributed by atoms with E-state index in [4.69, 9.17) is 0 Å². The highest BCUT2D eigenvalue weighted by molar-refractivity contribution is 5.99. The summed E-state index contributed by atoms with van der Waals surface area (Å²) < 4.78 is 0. The Morgan fingerprint density at radius 3 is 2.08 bits per heavy atom. The van der Waals surface area contributed by atoms with Crippen LogP contribution >= 0.6 is 0 Å². The number of phenols is 1. The fourth-order valence-corrected chi connectivity index (χ4v) is 2.01. The SMILES string of the molecule is Oc1ccccc1N/N=C(/N=N/c1ccccc1)c1ccccc1. The maximum Gasteiger partial charge on any atom is 0.201 e.